The molecule has 2 aliphatic rings. The van der Waals surface area contributed by atoms with E-state index in [0.717, 1.165) is 38.8 Å². The highest BCUT2D eigenvalue weighted by Gasteiger charge is 2.41. The monoisotopic (exact) mass is 284 g/mol. The Morgan fingerprint density at radius 3 is 2.26 bits per heavy atom. The molecule has 0 aromatic rings. The van der Waals surface area contributed by atoms with Crippen LogP contribution in [0.3, 0.4) is 0 Å². The summed E-state index contributed by atoms with van der Waals surface area (Å²) >= 11 is 5.12. The van der Waals surface area contributed by atoms with Gasteiger partial charge in [-0.2, -0.15) is 0 Å². The Morgan fingerprint density at radius 2 is 1.89 bits per heavy atom. The summed E-state index contributed by atoms with van der Waals surface area (Å²) in [6, 6.07) is 0. The maximum absolute atomic E-state index is 12.3. The molecule has 1 saturated heterocycles. The Labute approximate surface area is 120 Å². The summed E-state index contributed by atoms with van der Waals surface area (Å²) in [6.45, 7) is 3.61. The Bertz CT molecular complexity index is 366. The van der Waals surface area contributed by atoms with Gasteiger partial charge >= 0.3 is 0 Å². The molecule has 1 heterocycles. The lowest BCUT2D eigenvalue weighted by molar-refractivity contribution is -0.145. The third-order valence-corrected chi connectivity index (χ3v) is 5.48. The van der Waals surface area contributed by atoms with E-state index in [1.54, 1.807) is 7.11 Å². The maximum Gasteiger partial charge on any atom is 0.225 e. The number of carbonyl (C=O) groups is 1. The molecule has 0 atom stereocenters. The molecule has 0 spiro atoms. The fourth-order valence-electron chi connectivity index (χ4n) is 2.91. The van der Waals surface area contributed by atoms with E-state index in [1.807, 2.05) is 4.90 Å². The van der Waals surface area contributed by atoms with Crippen LogP contribution in [0.4, 0.5) is 0 Å². The summed E-state index contributed by atoms with van der Waals surface area (Å²) in [5.74, 6) is 0.214. The Morgan fingerprint density at radius 1 is 1.32 bits per heavy atom. The van der Waals surface area contributed by atoms with Gasteiger partial charge in [-0.25, -0.2) is 0 Å². The van der Waals surface area contributed by atoms with Crippen molar-refractivity contribution < 1.29 is 9.53 Å². The van der Waals surface area contributed by atoms with Crippen LogP contribution < -0.4 is 5.73 Å². The second kappa shape index (κ2) is 5.37. The lowest BCUT2D eigenvalue weighted by Crippen LogP contribution is -2.50. The molecule has 19 heavy (non-hydrogen) atoms. The number of hydrogen-bond acceptors (Lipinski definition) is 3. The van der Waals surface area contributed by atoms with Crippen molar-refractivity contribution in [3.8, 4) is 0 Å². The van der Waals surface area contributed by atoms with E-state index in [9.17, 15) is 4.79 Å². The first-order valence-electron chi connectivity index (χ1n) is 7.04. The highest BCUT2D eigenvalue weighted by Crippen LogP contribution is 2.39. The van der Waals surface area contributed by atoms with Crippen LogP contribution >= 0.6 is 12.2 Å². The SMILES string of the molecule is COC1(CC(=O)N2CCC(C)(C(N)=S)CC2)CCC1. The molecule has 2 N–H and O–H groups in total. The van der Waals surface area contributed by atoms with E-state index in [1.165, 1.54) is 6.42 Å². The fraction of sp³-hybridized carbons (Fsp3) is 0.857. The molecule has 0 aromatic heterocycles. The minimum atomic E-state index is -0.180. The topological polar surface area (TPSA) is 55.6 Å². The van der Waals surface area contributed by atoms with Crippen molar-refractivity contribution in [2.45, 2.75) is 51.0 Å². The molecule has 0 bridgehead atoms. The first-order valence-corrected chi connectivity index (χ1v) is 7.44. The number of thiocarbonyl (C=S) groups is 1. The number of nitrogens with two attached hydrogens (primary N) is 1. The Hall–Kier alpha value is -0.680. The molecule has 1 aliphatic carbocycles. The van der Waals surface area contributed by atoms with Crippen molar-refractivity contribution in [2.24, 2.45) is 11.1 Å². The van der Waals surface area contributed by atoms with Crippen LogP contribution in [-0.4, -0.2) is 41.6 Å². The predicted octanol–water partition coefficient (Wildman–Crippen LogP) is 1.86. The zero-order chi connectivity index (χ0) is 14.1. The Kier molecular flexibility index (Phi) is 4.16. The molecule has 4 nitrogen and oxygen atoms in total. The van der Waals surface area contributed by atoms with Crippen molar-refractivity contribution >= 4 is 23.1 Å². The molecule has 0 unspecified atom stereocenters. The third kappa shape index (κ3) is 2.92. The molecule has 2 rings (SSSR count). The van der Waals surface area contributed by atoms with Gasteiger partial charge in [0.1, 0.15) is 0 Å². The molecule has 1 amide bonds. The number of amides is 1. The number of piperidine rings is 1. The summed E-state index contributed by atoms with van der Waals surface area (Å²) < 4.78 is 5.53. The van der Waals surface area contributed by atoms with E-state index in [2.05, 4.69) is 6.92 Å². The molecule has 2 fully saturated rings. The van der Waals surface area contributed by atoms with Crippen LogP contribution in [0.1, 0.15) is 45.4 Å². The molecule has 0 radical (unpaired) electrons. The smallest absolute Gasteiger partial charge is 0.225 e. The number of ether oxygens (including phenoxy) is 1. The first kappa shape index (κ1) is 14.7. The average molecular weight is 284 g/mol. The second-order valence-corrected chi connectivity index (χ2v) is 6.66. The van der Waals surface area contributed by atoms with Gasteiger partial charge in [-0.15, -0.1) is 0 Å². The normalized spacial score (nSPS) is 24.6. The van der Waals surface area contributed by atoms with Gasteiger partial charge in [-0.1, -0.05) is 19.1 Å². The highest BCUT2D eigenvalue weighted by atomic mass is 32.1. The van der Waals surface area contributed by atoms with Gasteiger partial charge in [0.15, 0.2) is 0 Å². The minimum absolute atomic E-state index is 0.0818. The first-order chi connectivity index (χ1) is 8.91. The van der Waals surface area contributed by atoms with Crippen molar-refractivity contribution in [2.75, 3.05) is 20.2 Å². The van der Waals surface area contributed by atoms with E-state index < -0.39 is 0 Å². The van der Waals surface area contributed by atoms with Gasteiger partial charge in [0, 0.05) is 25.6 Å². The molecule has 1 aliphatic heterocycles. The highest BCUT2D eigenvalue weighted by molar-refractivity contribution is 7.80. The van der Waals surface area contributed by atoms with Crippen LogP contribution in [0.2, 0.25) is 0 Å². The fourth-order valence-corrected chi connectivity index (χ4v) is 3.11. The zero-order valence-electron chi connectivity index (χ0n) is 11.9. The second-order valence-electron chi connectivity index (χ2n) is 6.22. The Balaban J connectivity index is 1.87. The van der Waals surface area contributed by atoms with E-state index in [-0.39, 0.29) is 16.9 Å². The summed E-state index contributed by atoms with van der Waals surface area (Å²) in [5, 5.41) is 0. The maximum atomic E-state index is 12.3. The van der Waals surface area contributed by atoms with Crippen molar-refractivity contribution in [1.82, 2.24) is 4.90 Å². The van der Waals surface area contributed by atoms with Crippen LogP contribution in [0.15, 0.2) is 0 Å². The molecule has 5 heteroatoms. The van der Waals surface area contributed by atoms with Crippen LogP contribution in [-0.2, 0) is 9.53 Å². The number of nitrogens with zero attached hydrogens (tertiary/aromatic N) is 1. The quantitative estimate of drug-likeness (QED) is 0.801. The van der Waals surface area contributed by atoms with Gasteiger partial charge < -0.3 is 15.4 Å². The summed E-state index contributed by atoms with van der Waals surface area (Å²) in [6.07, 6.45) is 5.44. The third-order valence-electron chi connectivity index (χ3n) is 4.99. The number of methoxy groups -OCH3 is 1. The van der Waals surface area contributed by atoms with Crippen molar-refractivity contribution in [3.63, 3.8) is 0 Å². The van der Waals surface area contributed by atoms with E-state index in [4.69, 9.17) is 22.7 Å². The minimum Gasteiger partial charge on any atom is -0.393 e. The molecule has 108 valence electrons. The van der Waals surface area contributed by atoms with Gasteiger partial charge in [-0.3, -0.25) is 4.79 Å². The zero-order valence-corrected chi connectivity index (χ0v) is 12.7. The van der Waals surface area contributed by atoms with Crippen LogP contribution in [0.5, 0.6) is 0 Å². The number of rotatable bonds is 4. The summed E-state index contributed by atoms with van der Waals surface area (Å²) in [7, 11) is 1.71. The molecular weight excluding hydrogens is 260 g/mol. The van der Waals surface area contributed by atoms with E-state index >= 15 is 0 Å². The van der Waals surface area contributed by atoms with Crippen LogP contribution in [0, 0.1) is 5.41 Å². The number of hydrogen-bond donors (Lipinski definition) is 1. The van der Waals surface area contributed by atoms with Crippen molar-refractivity contribution in [3.05, 3.63) is 0 Å². The summed E-state index contributed by atoms with van der Waals surface area (Å²) in [5.41, 5.74) is 5.52. The molecular formula is C14H24N2O2S. The van der Waals surface area contributed by atoms with Gasteiger partial charge in [0.05, 0.1) is 17.0 Å². The largest absolute Gasteiger partial charge is 0.393 e. The summed E-state index contributed by atoms with van der Waals surface area (Å²) in [4.78, 5) is 14.8. The van der Waals surface area contributed by atoms with Crippen LogP contribution in [0.25, 0.3) is 0 Å². The van der Waals surface area contributed by atoms with Gasteiger partial charge in [0.2, 0.25) is 5.91 Å². The number of likely N-dealkylation sites (tertiary alicyclic amines) is 1. The lowest BCUT2D eigenvalue weighted by atomic mass is 9.76. The molecule has 0 aromatic carbocycles. The molecule has 1 saturated carbocycles. The standard InChI is InChI=1S/C14H24N2O2S/c1-13(12(15)19)6-8-16(9-7-13)11(17)10-14(18-2)4-3-5-14/h3-10H2,1-2H3,(H2,15,19). The van der Waals surface area contributed by atoms with Gasteiger partial charge in [-0.05, 0) is 32.1 Å². The predicted molar refractivity (Wildman–Crippen MR) is 78.9 cm³/mol. The van der Waals surface area contributed by atoms with Crippen molar-refractivity contribution in [1.29, 1.82) is 0 Å². The van der Waals surface area contributed by atoms with Gasteiger partial charge in [0.25, 0.3) is 0 Å². The average Bonchev–Trinajstić information content (AvgIpc) is 2.34. The van der Waals surface area contributed by atoms with E-state index in [0.29, 0.717) is 11.4 Å². The number of carbonyl (C=O) groups excluding carboxylic acids is 1. The lowest BCUT2D eigenvalue weighted by Gasteiger charge is -2.43.